The van der Waals surface area contributed by atoms with Gasteiger partial charge in [0, 0.05) is 5.56 Å². The first-order valence-corrected chi connectivity index (χ1v) is 5.25. The largest absolute Gasteiger partial charge is 0.295 e. The van der Waals surface area contributed by atoms with E-state index in [-0.39, 0.29) is 11.2 Å². The Morgan fingerprint density at radius 2 is 2.07 bits per heavy atom. The number of allylic oxidation sites excluding steroid dienone is 1. The average Bonchev–Trinajstić information content (AvgIpc) is 2.37. The summed E-state index contributed by atoms with van der Waals surface area (Å²) < 4.78 is 0. The molecule has 0 unspecified atom stereocenters. The number of benzene rings is 1. The highest BCUT2D eigenvalue weighted by Crippen LogP contribution is 2.45. The monoisotopic (exact) mass is 200 g/mol. The highest BCUT2D eigenvalue weighted by atomic mass is 16.1. The Balaban J connectivity index is 2.54. The lowest BCUT2D eigenvalue weighted by molar-refractivity contribution is 0.101. The van der Waals surface area contributed by atoms with Crippen molar-refractivity contribution in [1.82, 2.24) is 0 Å². The van der Waals surface area contributed by atoms with Gasteiger partial charge >= 0.3 is 0 Å². The number of fused-ring (bicyclic) bond motifs is 1. The molecule has 15 heavy (non-hydrogen) atoms. The Hall–Kier alpha value is -1.37. The van der Waals surface area contributed by atoms with E-state index in [9.17, 15) is 4.79 Å². The second-order valence-corrected chi connectivity index (χ2v) is 4.97. The lowest BCUT2D eigenvalue weighted by atomic mass is 9.86. The first kappa shape index (κ1) is 10.2. The molecule has 1 nitrogen and oxygen atoms in total. The summed E-state index contributed by atoms with van der Waals surface area (Å²) in [6, 6.07) is 5.95. The lowest BCUT2D eigenvalue weighted by Gasteiger charge is -2.18. The van der Waals surface area contributed by atoms with E-state index in [0.717, 1.165) is 17.6 Å². The molecule has 1 aliphatic carbocycles. The van der Waals surface area contributed by atoms with Crippen molar-refractivity contribution >= 4 is 11.4 Å². The van der Waals surface area contributed by atoms with Crippen LogP contribution in [0.5, 0.6) is 0 Å². The van der Waals surface area contributed by atoms with Gasteiger partial charge < -0.3 is 0 Å². The molecule has 0 N–H and O–H groups in total. The summed E-state index contributed by atoms with van der Waals surface area (Å²) in [7, 11) is 0. The molecule has 0 bridgehead atoms. The zero-order valence-corrected chi connectivity index (χ0v) is 9.55. The molecule has 1 aliphatic rings. The van der Waals surface area contributed by atoms with Crippen LogP contribution < -0.4 is 0 Å². The van der Waals surface area contributed by atoms with E-state index in [1.54, 1.807) is 6.92 Å². The molecule has 0 amide bonds. The molecule has 1 aromatic carbocycles. The maximum absolute atomic E-state index is 11.3. The van der Waals surface area contributed by atoms with Gasteiger partial charge in [-0.3, -0.25) is 4.79 Å². The number of rotatable bonds is 1. The van der Waals surface area contributed by atoms with Gasteiger partial charge in [-0.05, 0) is 41.5 Å². The first-order chi connectivity index (χ1) is 6.92. The topological polar surface area (TPSA) is 17.1 Å². The zero-order chi connectivity index (χ0) is 11.2. The van der Waals surface area contributed by atoms with E-state index in [0.29, 0.717) is 0 Å². The molecule has 0 radical (unpaired) electrons. The minimum Gasteiger partial charge on any atom is -0.295 e. The Morgan fingerprint density at radius 1 is 1.40 bits per heavy atom. The molecule has 0 aromatic heterocycles. The fourth-order valence-corrected chi connectivity index (χ4v) is 2.18. The molecule has 0 atom stereocenters. The van der Waals surface area contributed by atoms with Crippen molar-refractivity contribution in [1.29, 1.82) is 0 Å². The van der Waals surface area contributed by atoms with Gasteiger partial charge in [-0.2, -0.15) is 0 Å². The highest BCUT2D eigenvalue weighted by Gasteiger charge is 2.32. The minimum absolute atomic E-state index is 0.121. The van der Waals surface area contributed by atoms with Crippen molar-refractivity contribution in [2.45, 2.75) is 27.2 Å². The van der Waals surface area contributed by atoms with E-state index in [2.05, 4.69) is 26.5 Å². The Labute approximate surface area is 90.8 Å². The second kappa shape index (κ2) is 3.06. The number of Topliss-reactive ketones (excluding diaryl/α,β-unsaturated/α-hetero) is 1. The van der Waals surface area contributed by atoms with Gasteiger partial charge in [0.1, 0.15) is 0 Å². The van der Waals surface area contributed by atoms with E-state index >= 15 is 0 Å². The first-order valence-electron chi connectivity index (χ1n) is 5.25. The van der Waals surface area contributed by atoms with Crippen molar-refractivity contribution in [2.24, 2.45) is 5.41 Å². The summed E-state index contributed by atoms with van der Waals surface area (Å²) in [5.41, 5.74) is 4.56. The molecular formula is C14H16O. The highest BCUT2D eigenvalue weighted by molar-refractivity contribution is 5.95. The van der Waals surface area contributed by atoms with Gasteiger partial charge in [0.15, 0.2) is 5.78 Å². The summed E-state index contributed by atoms with van der Waals surface area (Å²) in [6.07, 6.45) is 1.03. The van der Waals surface area contributed by atoms with Crippen molar-refractivity contribution in [3.63, 3.8) is 0 Å². The Bertz CT molecular complexity index is 452. The number of ketones is 1. The van der Waals surface area contributed by atoms with Gasteiger partial charge in [-0.1, -0.05) is 32.6 Å². The minimum atomic E-state index is 0.121. The van der Waals surface area contributed by atoms with Crippen LogP contribution in [0.4, 0.5) is 0 Å². The van der Waals surface area contributed by atoms with E-state index in [1.807, 2.05) is 12.1 Å². The maximum Gasteiger partial charge on any atom is 0.159 e. The SMILES string of the molecule is C=C1c2cc(C(C)=O)ccc2CC1(C)C. The van der Waals surface area contributed by atoms with Crippen LogP contribution in [-0.4, -0.2) is 5.78 Å². The lowest BCUT2D eigenvalue weighted by Crippen LogP contribution is -2.08. The van der Waals surface area contributed by atoms with Gasteiger partial charge in [0.2, 0.25) is 0 Å². The van der Waals surface area contributed by atoms with E-state index in [1.165, 1.54) is 11.1 Å². The maximum atomic E-state index is 11.3. The van der Waals surface area contributed by atoms with Crippen molar-refractivity contribution in [3.8, 4) is 0 Å². The van der Waals surface area contributed by atoms with Crippen LogP contribution in [0, 0.1) is 5.41 Å². The molecule has 78 valence electrons. The third-order valence-corrected chi connectivity index (χ3v) is 3.29. The third-order valence-electron chi connectivity index (χ3n) is 3.29. The van der Waals surface area contributed by atoms with Crippen LogP contribution in [-0.2, 0) is 6.42 Å². The van der Waals surface area contributed by atoms with Crippen molar-refractivity contribution in [2.75, 3.05) is 0 Å². The van der Waals surface area contributed by atoms with E-state index in [4.69, 9.17) is 0 Å². The number of carbonyl (C=O) groups is 1. The average molecular weight is 200 g/mol. The Morgan fingerprint density at radius 3 is 2.67 bits per heavy atom. The molecule has 0 spiro atoms. The fraction of sp³-hybridized carbons (Fsp3) is 0.357. The van der Waals surface area contributed by atoms with Gasteiger partial charge in [0.05, 0.1) is 0 Å². The molecule has 0 heterocycles. The van der Waals surface area contributed by atoms with Gasteiger partial charge in [-0.25, -0.2) is 0 Å². The van der Waals surface area contributed by atoms with Crippen LogP contribution in [0.1, 0.15) is 42.3 Å². The predicted octanol–water partition coefficient (Wildman–Crippen LogP) is 3.48. The smallest absolute Gasteiger partial charge is 0.159 e. The van der Waals surface area contributed by atoms with E-state index < -0.39 is 0 Å². The van der Waals surface area contributed by atoms with Crippen molar-refractivity contribution in [3.05, 3.63) is 41.5 Å². The summed E-state index contributed by atoms with van der Waals surface area (Å²) in [4.78, 5) is 11.3. The summed E-state index contributed by atoms with van der Waals surface area (Å²) >= 11 is 0. The molecular weight excluding hydrogens is 184 g/mol. The predicted molar refractivity (Wildman–Crippen MR) is 63.0 cm³/mol. The standard InChI is InChI=1S/C14H16O/c1-9-13-7-11(10(2)15)5-6-12(13)8-14(9,3)4/h5-7H,1,8H2,2-4H3. The number of hydrogen-bond donors (Lipinski definition) is 0. The van der Waals surface area contributed by atoms with Crippen LogP contribution >= 0.6 is 0 Å². The zero-order valence-electron chi connectivity index (χ0n) is 9.55. The third kappa shape index (κ3) is 1.52. The molecule has 1 aromatic rings. The normalized spacial score (nSPS) is 17.7. The van der Waals surface area contributed by atoms with Crippen LogP contribution in [0.15, 0.2) is 24.8 Å². The number of hydrogen-bond acceptors (Lipinski definition) is 1. The summed E-state index contributed by atoms with van der Waals surface area (Å²) in [6.45, 7) is 10.1. The van der Waals surface area contributed by atoms with Crippen LogP contribution in [0.25, 0.3) is 5.57 Å². The quantitative estimate of drug-likeness (QED) is 0.634. The molecule has 0 aliphatic heterocycles. The fourth-order valence-electron chi connectivity index (χ4n) is 2.18. The van der Waals surface area contributed by atoms with Gasteiger partial charge in [-0.15, -0.1) is 0 Å². The molecule has 0 fully saturated rings. The summed E-state index contributed by atoms with van der Waals surface area (Å²) in [5, 5.41) is 0. The molecule has 0 saturated heterocycles. The molecule has 2 rings (SSSR count). The Kier molecular flexibility index (Phi) is 2.07. The summed E-state index contributed by atoms with van der Waals surface area (Å²) in [5.74, 6) is 0.121. The van der Waals surface area contributed by atoms with Gasteiger partial charge in [0.25, 0.3) is 0 Å². The molecule has 0 saturated carbocycles. The van der Waals surface area contributed by atoms with Crippen LogP contribution in [0.2, 0.25) is 0 Å². The molecule has 1 heteroatoms. The number of carbonyl (C=O) groups excluding carboxylic acids is 1. The van der Waals surface area contributed by atoms with Crippen LogP contribution in [0.3, 0.4) is 0 Å². The second-order valence-electron chi connectivity index (χ2n) is 4.97. The van der Waals surface area contributed by atoms with Crippen molar-refractivity contribution < 1.29 is 4.79 Å².